The summed E-state index contributed by atoms with van der Waals surface area (Å²) >= 11 is 0. The maximum atomic E-state index is 11.4. The summed E-state index contributed by atoms with van der Waals surface area (Å²) in [5, 5.41) is 0. The molecule has 162 valence electrons. The van der Waals surface area contributed by atoms with Crippen LogP contribution in [-0.2, 0) is 10.0 Å². The number of benzene rings is 1. The van der Waals surface area contributed by atoms with E-state index in [1.807, 2.05) is 12.1 Å². The maximum absolute atomic E-state index is 11.4. The Bertz CT molecular complexity index is 795. The number of hydrogen-bond acceptors (Lipinski definition) is 6. The molecule has 4 aliphatic rings. The zero-order valence-corrected chi connectivity index (χ0v) is 18.4. The average Bonchev–Trinajstić information content (AvgIpc) is 2.73. The van der Waals surface area contributed by atoms with Crippen LogP contribution in [0.3, 0.4) is 0 Å². The number of methoxy groups -OCH3 is 1. The number of piperazine rings is 1. The highest BCUT2D eigenvalue weighted by atomic mass is 32.2. The summed E-state index contributed by atoms with van der Waals surface area (Å²) < 4.78 is 31.1. The van der Waals surface area contributed by atoms with Gasteiger partial charge in [-0.15, -0.1) is 0 Å². The van der Waals surface area contributed by atoms with Gasteiger partial charge in [-0.05, 0) is 43.4 Å². The number of hydrogen-bond donors (Lipinski definition) is 1. The van der Waals surface area contributed by atoms with E-state index >= 15 is 0 Å². The lowest BCUT2D eigenvalue weighted by Crippen LogP contribution is -2.59. The summed E-state index contributed by atoms with van der Waals surface area (Å²) in [6.07, 6.45) is 3.62. The second-order valence-corrected chi connectivity index (χ2v) is 10.6. The topological polar surface area (TPSA) is 65.1 Å². The van der Waals surface area contributed by atoms with Crippen LogP contribution in [0.5, 0.6) is 5.75 Å². The number of anilines is 1. The fourth-order valence-corrected chi connectivity index (χ4v) is 5.81. The second kappa shape index (κ2) is 8.79. The summed E-state index contributed by atoms with van der Waals surface area (Å²) in [4.78, 5) is 7.55. The molecule has 0 saturated carbocycles. The Labute approximate surface area is 175 Å². The zero-order valence-electron chi connectivity index (χ0n) is 17.6. The van der Waals surface area contributed by atoms with E-state index in [1.54, 1.807) is 7.11 Å². The molecule has 7 nitrogen and oxygen atoms in total. The van der Waals surface area contributed by atoms with Crippen LogP contribution in [0.25, 0.3) is 0 Å². The molecular weight excluding hydrogens is 388 g/mol. The molecule has 29 heavy (non-hydrogen) atoms. The molecule has 4 unspecified atom stereocenters. The second-order valence-electron chi connectivity index (χ2n) is 8.77. The Morgan fingerprint density at radius 3 is 2.55 bits per heavy atom. The van der Waals surface area contributed by atoms with Gasteiger partial charge in [0.05, 0.1) is 19.1 Å². The third kappa shape index (κ3) is 5.05. The first kappa shape index (κ1) is 20.9. The van der Waals surface area contributed by atoms with Crippen molar-refractivity contribution in [2.24, 2.45) is 11.8 Å². The van der Waals surface area contributed by atoms with E-state index in [2.05, 4.69) is 31.6 Å². The van der Waals surface area contributed by atoms with Crippen LogP contribution in [0.1, 0.15) is 12.8 Å². The van der Waals surface area contributed by atoms with E-state index in [1.165, 1.54) is 18.4 Å². The summed E-state index contributed by atoms with van der Waals surface area (Å²) in [5.74, 6) is 2.38. The normalized spacial score (nSPS) is 30.5. The van der Waals surface area contributed by atoms with Crippen molar-refractivity contribution < 1.29 is 13.2 Å². The molecule has 4 saturated heterocycles. The van der Waals surface area contributed by atoms with Crippen LogP contribution in [0.4, 0.5) is 5.69 Å². The molecule has 5 rings (SSSR count). The fraction of sp³-hybridized carbons (Fsp3) is 0.714. The molecule has 0 spiro atoms. The van der Waals surface area contributed by atoms with Crippen LogP contribution >= 0.6 is 0 Å². The third-order valence-corrected chi connectivity index (χ3v) is 7.58. The number of rotatable bonds is 7. The Morgan fingerprint density at radius 2 is 1.90 bits per heavy atom. The molecule has 0 radical (unpaired) electrons. The van der Waals surface area contributed by atoms with Gasteiger partial charge in [-0.1, -0.05) is 12.1 Å². The van der Waals surface area contributed by atoms with Crippen LogP contribution in [-0.4, -0.2) is 90.0 Å². The van der Waals surface area contributed by atoms with Gasteiger partial charge < -0.3 is 9.64 Å². The highest BCUT2D eigenvalue weighted by molar-refractivity contribution is 7.88. The Kier molecular flexibility index (Phi) is 6.34. The van der Waals surface area contributed by atoms with E-state index in [4.69, 9.17) is 4.74 Å². The average molecular weight is 423 g/mol. The predicted octanol–water partition coefficient (Wildman–Crippen LogP) is 1.08. The molecule has 0 aliphatic carbocycles. The zero-order chi connectivity index (χ0) is 20.4. The van der Waals surface area contributed by atoms with Gasteiger partial charge in [-0.2, -0.15) is 0 Å². The van der Waals surface area contributed by atoms with E-state index in [0.717, 1.165) is 63.9 Å². The van der Waals surface area contributed by atoms with Crippen molar-refractivity contribution in [3.63, 3.8) is 0 Å². The molecule has 1 aromatic rings. The Balaban J connectivity index is 1.27. The van der Waals surface area contributed by atoms with Crippen molar-refractivity contribution in [1.82, 2.24) is 14.5 Å². The summed E-state index contributed by atoms with van der Waals surface area (Å²) in [6, 6.07) is 8.63. The first-order chi connectivity index (χ1) is 13.9. The lowest BCUT2D eigenvalue weighted by molar-refractivity contribution is -0.0107. The molecule has 4 aliphatic heterocycles. The van der Waals surface area contributed by atoms with Crippen LogP contribution < -0.4 is 14.4 Å². The Hall–Kier alpha value is -1.35. The van der Waals surface area contributed by atoms with Gasteiger partial charge in [0.2, 0.25) is 10.0 Å². The molecule has 2 bridgehead atoms. The fourth-order valence-electron chi connectivity index (χ4n) is 5.31. The highest BCUT2D eigenvalue weighted by Gasteiger charge is 2.40. The van der Waals surface area contributed by atoms with Crippen LogP contribution in [0.2, 0.25) is 0 Å². The minimum absolute atomic E-state index is 0.363. The van der Waals surface area contributed by atoms with Crippen molar-refractivity contribution in [1.29, 1.82) is 0 Å². The monoisotopic (exact) mass is 422 g/mol. The SMILES string of the molecule is COc1ccccc1N1CCN(CC2CN3CCC2CC3CNS(C)(=O)=O)CC1. The van der Waals surface area contributed by atoms with Gasteiger partial charge in [-0.25, -0.2) is 13.1 Å². The van der Waals surface area contributed by atoms with Crippen LogP contribution in [0, 0.1) is 11.8 Å². The summed E-state index contributed by atoms with van der Waals surface area (Å²) in [6.45, 7) is 8.16. The van der Waals surface area contributed by atoms with Crippen molar-refractivity contribution in [3.05, 3.63) is 24.3 Å². The van der Waals surface area contributed by atoms with Gasteiger partial charge in [0.25, 0.3) is 0 Å². The van der Waals surface area contributed by atoms with Gasteiger partial charge >= 0.3 is 0 Å². The van der Waals surface area contributed by atoms with E-state index < -0.39 is 10.0 Å². The van der Waals surface area contributed by atoms with Crippen molar-refractivity contribution in [3.8, 4) is 5.75 Å². The molecule has 4 atom stereocenters. The quantitative estimate of drug-likeness (QED) is 0.709. The summed E-state index contributed by atoms with van der Waals surface area (Å²) in [5.41, 5.74) is 1.19. The summed E-state index contributed by atoms with van der Waals surface area (Å²) in [7, 11) is -1.37. The standard InChI is InChI=1S/C21H34N4O3S/c1-28-21-6-4-3-5-20(21)24-11-9-23(10-12-24)15-18-16-25-8-7-17(18)13-19(25)14-22-29(2,26)27/h3-6,17-19,22H,7-16H2,1-2H3. The van der Waals surface area contributed by atoms with Gasteiger partial charge in [-0.3, -0.25) is 9.80 Å². The van der Waals surface area contributed by atoms with Gasteiger partial charge in [0, 0.05) is 51.9 Å². The lowest BCUT2D eigenvalue weighted by Gasteiger charge is -2.51. The number of ether oxygens (including phenoxy) is 1. The van der Waals surface area contributed by atoms with Gasteiger partial charge in [0.15, 0.2) is 0 Å². The molecule has 8 heteroatoms. The minimum Gasteiger partial charge on any atom is -0.495 e. The number of sulfonamides is 1. The third-order valence-electron chi connectivity index (χ3n) is 6.89. The van der Waals surface area contributed by atoms with Crippen molar-refractivity contribution >= 4 is 15.7 Å². The largest absolute Gasteiger partial charge is 0.495 e. The van der Waals surface area contributed by atoms with E-state index in [0.29, 0.717) is 18.5 Å². The number of nitrogens with one attached hydrogen (secondary N) is 1. The first-order valence-electron chi connectivity index (χ1n) is 10.7. The molecule has 4 fully saturated rings. The first-order valence-corrected chi connectivity index (χ1v) is 12.6. The highest BCUT2D eigenvalue weighted by Crippen LogP contribution is 2.37. The maximum Gasteiger partial charge on any atom is 0.208 e. The Morgan fingerprint density at radius 1 is 1.14 bits per heavy atom. The van der Waals surface area contributed by atoms with Gasteiger partial charge in [0.1, 0.15) is 5.75 Å². The smallest absolute Gasteiger partial charge is 0.208 e. The number of para-hydroxylation sites is 2. The molecule has 0 amide bonds. The van der Waals surface area contributed by atoms with E-state index in [9.17, 15) is 8.42 Å². The number of nitrogens with zero attached hydrogens (tertiary/aromatic N) is 3. The van der Waals surface area contributed by atoms with Crippen LogP contribution in [0.15, 0.2) is 24.3 Å². The molecular formula is C21H34N4O3S. The molecule has 1 N–H and O–H groups in total. The lowest BCUT2D eigenvalue weighted by atomic mass is 9.75. The molecule has 4 heterocycles. The minimum atomic E-state index is -3.11. The number of fused-ring (bicyclic) bond motifs is 3. The molecule has 0 aromatic heterocycles. The van der Waals surface area contributed by atoms with E-state index in [-0.39, 0.29) is 0 Å². The van der Waals surface area contributed by atoms with Crippen molar-refractivity contribution in [2.45, 2.75) is 18.9 Å². The predicted molar refractivity (Wildman–Crippen MR) is 116 cm³/mol. The van der Waals surface area contributed by atoms with Crippen molar-refractivity contribution in [2.75, 3.05) is 70.6 Å². The number of piperidine rings is 3. The molecule has 1 aromatic carbocycles.